The van der Waals surface area contributed by atoms with Crippen molar-refractivity contribution in [2.24, 2.45) is 5.92 Å². The Balaban J connectivity index is 2.00. The van der Waals surface area contributed by atoms with E-state index in [2.05, 4.69) is 24.3 Å². The van der Waals surface area contributed by atoms with E-state index in [0.29, 0.717) is 5.92 Å². The summed E-state index contributed by atoms with van der Waals surface area (Å²) in [7, 11) is 3.32. The molecule has 0 saturated carbocycles. The summed E-state index contributed by atoms with van der Waals surface area (Å²) in [4.78, 5) is 0. The van der Waals surface area contributed by atoms with E-state index < -0.39 is 0 Å². The molecular formula is C14H20O3. The maximum Gasteiger partial charge on any atom is 0.183 e. The molecule has 3 nitrogen and oxygen atoms in total. The van der Waals surface area contributed by atoms with Crippen LogP contribution in [-0.2, 0) is 20.6 Å². The van der Waals surface area contributed by atoms with Crippen LogP contribution in [-0.4, -0.2) is 33.2 Å². The van der Waals surface area contributed by atoms with E-state index in [4.69, 9.17) is 14.2 Å². The average molecular weight is 236 g/mol. The largest absolute Gasteiger partial charge is 0.373 e. The van der Waals surface area contributed by atoms with Gasteiger partial charge in [-0.3, -0.25) is 0 Å². The van der Waals surface area contributed by atoms with E-state index >= 15 is 0 Å². The molecule has 0 radical (unpaired) electrons. The summed E-state index contributed by atoms with van der Waals surface area (Å²) in [5.41, 5.74) is 1.35. The van der Waals surface area contributed by atoms with Crippen molar-refractivity contribution in [2.75, 3.05) is 20.8 Å². The number of hydrogen-bond acceptors (Lipinski definition) is 3. The minimum Gasteiger partial charge on any atom is -0.373 e. The molecule has 0 aromatic heterocycles. The minimum absolute atomic E-state index is 0.0465. The number of benzene rings is 1. The summed E-state index contributed by atoms with van der Waals surface area (Å²) >= 11 is 0. The highest BCUT2D eigenvalue weighted by Crippen LogP contribution is 2.28. The van der Waals surface area contributed by atoms with Crippen molar-refractivity contribution in [3.63, 3.8) is 0 Å². The normalized spacial score (nSPS) is 24.4. The van der Waals surface area contributed by atoms with Gasteiger partial charge < -0.3 is 14.2 Å². The molecular weight excluding hydrogens is 216 g/mol. The predicted molar refractivity (Wildman–Crippen MR) is 65.8 cm³/mol. The van der Waals surface area contributed by atoms with E-state index in [1.54, 1.807) is 14.2 Å². The van der Waals surface area contributed by atoms with Gasteiger partial charge in [-0.1, -0.05) is 30.3 Å². The fourth-order valence-electron chi connectivity index (χ4n) is 2.46. The summed E-state index contributed by atoms with van der Waals surface area (Å²) in [6, 6.07) is 10.5. The summed E-state index contributed by atoms with van der Waals surface area (Å²) < 4.78 is 16.3. The van der Waals surface area contributed by atoms with Crippen LogP contribution in [0.25, 0.3) is 0 Å². The van der Waals surface area contributed by atoms with Crippen LogP contribution in [0.4, 0.5) is 0 Å². The molecule has 1 saturated heterocycles. The Morgan fingerprint density at radius 3 is 2.59 bits per heavy atom. The molecule has 0 amide bonds. The molecule has 0 bridgehead atoms. The molecule has 2 rings (SSSR count). The molecule has 1 aliphatic heterocycles. The van der Waals surface area contributed by atoms with Crippen molar-refractivity contribution in [3.8, 4) is 0 Å². The SMILES string of the molecule is COC(OC)[C@H]1OCC[C@@H]1Cc1ccccc1. The monoisotopic (exact) mass is 236 g/mol. The van der Waals surface area contributed by atoms with Gasteiger partial charge in [-0.15, -0.1) is 0 Å². The molecule has 3 heteroatoms. The third-order valence-electron chi connectivity index (χ3n) is 3.34. The second-order valence-corrected chi connectivity index (χ2v) is 4.41. The van der Waals surface area contributed by atoms with Crippen LogP contribution in [0.1, 0.15) is 12.0 Å². The second kappa shape index (κ2) is 6.15. The topological polar surface area (TPSA) is 27.7 Å². The van der Waals surface area contributed by atoms with Crippen molar-refractivity contribution in [1.82, 2.24) is 0 Å². The van der Waals surface area contributed by atoms with E-state index in [1.807, 2.05) is 6.07 Å². The average Bonchev–Trinajstić information content (AvgIpc) is 2.81. The molecule has 94 valence electrons. The van der Waals surface area contributed by atoms with Crippen LogP contribution in [0, 0.1) is 5.92 Å². The van der Waals surface area contributed by atoms with Gasteiger partial charge in [-0.25, -0.2) is 0 Å². The Kier molecular flexibility index (Phi) is 4.54. The number of rotatable bonds is 5. The summed E-state index contributed by atoms with van der Waals surface area (Å²) in [5.74, 6) is 0.474. The Bertz CT molecular complexity index is 321. The zero-order chi connectivity index (χ0) is 12.1. The van der Waals surface area contributed by atoms with Gasteiger partial charge in [0.15, 0.2) is 6.29 Å². The standard InChI is InChI=1S/C14H20O3/c1-15-14(16-2)13-12(8-9-17-13)10-11-6-4-3-5-7-11/h3-7,12-14H,8-10H2,1-2H3/t12-,13+/m1/s1. The fourth-order valence-corrected chi connectivity index (χ4v) is 2.46. The van der Waals surface area contributed by atoms with Gasteiger partial charge in [0.1, 0.15) is 6.10 Å². The Hall–Kier alpha value is -0.900. The lowest BCUT2D eigenvalue weighted by Crippen LogP contribution is -2.35. The third-order valence-corrected chi connectivity index (χ3v) is 3.34. The number of ether oxygens (including phenoxy) is 3. The molecule has 1 aromatic rings. The zero-order valence-corrected chi connectivity index (χ0v) is 10.5. The molecule has 1 aromatic carbocycles. The van der Waals surface area contributed by atoms with Gasteiger partial charge in [0.2, 0.25) is 0 Å². The van der Waals surface area contributed by atoms with Crippen LogP contribution in [0.5, 0.6) is 0 Å². The number of methoxy groups -OCH3 is 2. The van der Waals surface area contributed by atoms with Crippen LogP contribution < -0.4 is 0 Å². The van der Waals surface area contributed by atoms with Crippen molar-refractivity contribution in [3.05, 3.63) is 35.9 Å². The van der Waals surface area contributed by atoms with Gasteiger partial charge in [0, 0.05) is 20.8 Å². The lowest BCUT2D eigenvalue weighted by Gasteiger charge is -2.25. The van der Waals surface area contributed by atoms with Gasteiger partial charge >= 0.3 is 0 Å². The molecule has 2 atom stereocenters. The molecule has 0 spiro atoms. The molecule has 0 N–H and O–H groups in total. The zero-order valence-electron chi connectivity index (χ0n) is 10.5. The molecule has 1 aliphatic rings. The molecule has 0 aliphatic carbocycles. The Morgan fingerprint density at radius 1 is 1.24 bits per heavy atom. The lowest BCUT2D eigenvalue weighted by molar-refractivity contribution is -0.176. The first-order valence-corrected chi connectivity index (χ1v) is 6.06. The summed E-state index contributed by atoms with van der Waals surface area (Å²) in [6.45, 7) is 0.797. The highest BCUT2D eigenvalue weighted by atomic mass is 16.7. The quantitative estimate of drug-likeness (QED) is 0.734. The van der Waals surface area contributed by atoms with Crippen LogP contribution in [0.2, 0.25) is 0 Å². The van der Waals surface area contributed by atoms with E-state index in [0.717, 1.165) is 19.4 Å². The van der Waals surface area contributed by atoms with Gasteiger partial charge in [-0.2, -0.15) is 0 Å². The van der Waals surface area contributed by atoms with E-state index in [1.165, 1.54) is 5.56 Å². The smallest absolute Gasteiger partial charge is 0.183 e. The molecule has 17 heavy (non-hydrogen) atoms. The van der Waals surface area contributed by atoms with Crippen LogP contribution in [0.15, 0.2) is 30.3 Å². The van der Waals surface area contributed by atoms with Gasteiger partial charge in [0.25, 0.3) is 0 Å². The summed E-state index contributed by atoms with van der Waals surface area (Å²) in [5, 5.41) is 0. The Labute approximate surface area is 103 Å². The van der Waals surface area contributed by atoms with E-state index in [9.17, 15) is 0 Å². The highest BCUT2D eigenvalue weighted by Gasteiger charge is 2.35. The van der Waals surface area contributed by atoms with Crippen molar-refractivity contribution in [2.45, 2.75) is 25.2 Å². The number of hydrogen-bond donors (Lipinski definition) is 0. The van der Waals surface area contributed by atoms with Crippen molar-refractivity contribution < 1.29 is 14.2 Å². The first-order chi connectivity index (χ1) is 8.35. The molecule has 0 unspecified atom stereocenters. The van der Waals surface area contributed by atoms with E-state index in [-0.39, 0.29) is 12.4 Å². The minimum atomic E-state index is -0.258. The lowest BCUT2D eigenvalue weighted by atomic mass is 9.93. The van der Waals surface area contributed by atoms with Gasteiger partial charge in [-0.05, 0) is 24.3 Å². The maximum absolute atomic E-state index is 5.73. The molecule has 1 heterocycles. The van der Waals surface area contributed by atoms with Crippen LogP contribution in [0.3, 0.4) is 0 Å². The van der Waals surface area contributed by atoms with Crippen molar-refractivity contribution >= 4 is 0 Å². The summed E-state index contributed by atoms with van der Waals surface area (Å²) in [6.07, 6.45) is 1.88. The third kappa shape index (κ3) is 3.06. The van der Waals surface area contributed by atoms with Crippen LogP contribution >= 0.6 is 0 Å². The predicted octanol–water partition coefficient (Wildman–Crippen LogP) is 2.25. The first kappa shape index (κ1) is 12.6. The van der Waals surface area contributed by atoms with Crippen molar-refractivity contribution in [1.29, 1.82) is 0 Å². The second-order valence-electron chi connectivity index (χ2n) is 4.41. The maximum atomic E-state index is 5.73. The highest BCUT2D eigenvalue weighted by molar-refractivity contribution is 5.15. The fraction of sp³-hybridized carbons (Fsp3) is 0.571. The van der Waals surface area contributed by atoms with Gasteiger partial charge in [0.05, 0.1) is 0 Å². The first-order valence-electron chi connectivity index (χ1n) is 6.06. The molecule has 1 fully saturated rings. The Morgan fingerprint density at radius 2 is 1.94 bits per heavy atom.